The molecule has 1 saturated heterocycles. The molecule has 5 heteroatoms. The van der Waals surface area contributed by atoms with Crippen molar-refractivity contribution in [3.05, 3.63) is 90.0 Å². The Labute approximate surface area is 177 Å². The zero-order chi connectivity index (χ0) is 20.8. The molecule has 2 heterocycles. The van der Waals surface area contributed by atoms with Gasteiger partial charge in [0.15, 0.2) is 0 Å². The van der Waals surface area contributed by atoms with Gasteiger partial charge in [0.1, 0.15) is 11.6 Å². The lowest BCUT2D eigenvalue weighted by Gasteiger charge is -2.38. The third kappa shape index (κ3) is 4.97. The Balaban J connectivity index is 1.43. The molecule has 0 saturated carbocycles. The molecule has 1 aliphatic heterocycles. The standard InChI is InChI=1S/C25H28FN3O/c1-30-25-5-3-2-4-24(25)29-16-14-28(15-17-29)19-22(21-10-12-27-13-11-21)18-20-6-8-23(26)9-7-20/h2-13,22H,14-19H2,1H3. The highest BCUT2D eigenvalue weighted by Crippen LogP contribution is 2.29. The quantitative estimate of drug-likeness (QED) is 0.583. The third-order valence-electron chi connectivity index (χ3n) is 5.85. The van der Waals surface area contributed by atoms with E-state index in [9.17, 15) is 4.39 Å². The minimum absolute atomic E-state index is 0.188. The van der Waals surface area contributed by atoms with Crippen LogP contribution >= 0.6 is 0 Å². The lowest BCUT2D eigenvalue weighted by molar-refractivity contribution is 0.240. The van der Waals surface area contributed by atoms with Gasteiger partial charge in [0.2, 0.25) is 0 Å². The van der Waals surface area contributed by atoms with Crippen LogP contribution in [0, 0.1) is 5.82 Å². The molecule has 0 radical (unpaired) electrons. The maximum absolute atomic E-state index is 13.3. The molecule has 30 heavy (non-hydrogen) atoms. The summed E-state index contributed by atoms with van der Waals surface area (Å²) in [5.41, 5.74) is 3.60. The van der Waals surface area contributed by atoms with Gasteiger partial charge in [-0.05, 0) is 53.9 Å². The Morgan fingerprint density at radius 3 is 2.33 bits per heavy atom. The molecule has 2 aromatic carbocycles. The van der Waals surface area contributed by atoms with Crippen molar-refractivity contribution in [1.29, 1.82) is 0 Å². The molecule has 1 fully saturated rings. The molecule has 3 aromatic rings. The number of rotatable bonds is 7. The van der Waals surface area contributed by atoms with Gasteiger partial charge < -0.3 is 9.64 Å². The van der Waals surface area contributed by atoms with Gasteiger partial charge in [-0.2, -0.15) is 0 Å². The van der Waals surface area contributed by atoms with Crippen molar-refractivity contribution in [2.75, 3.05) is 44.7 Å². The van der Waals surface area contributed by atoms with E-state index >= 15 is 0 Å². The molecule has 156 valence electrons. The topological polar surface area (TPSA) is 28.6 Å². The molecule has 4 rings (SSSR count). The van der Waals surface area contributed by atoms with E-state index in [1.54, 1.807) is 19.2 Å². The van der Waals surface area contributed by atoms with Gasteiger partial charge in [0.05, 0.1) is 12.8 Å². The van der Waals surface area contributed by atoms with Crippen LogP contribution in [0.2, 0.25) is 0 Å². The SMILES string of the molecule is COc1ccccc1N1CCN(CC(Cc2ccc(F)cc2)c2ccncc2)CC1. The highest BCUT2D eigenvalue weighted by molar-refractivity contribution is 5.58. The van der Waals surface area contributed by atoms with Crippen molar-refractivity contribution in [2.45, 2.75) is 12.3 Å². The lowest BCUT2D eigenvalue weighted by atomic mass is 9.92. The van der Waals surface area contributed by atoms with Gasteiger partial charge >= 0.3 is 0 Å². The van der Waals surface area contributed by atoms with Crippen molar-refractivity contribution in [3.63, 3.8) is 0 Å². The smallest absolute Gasteiger partial charge is 0.142 e. The lowest BCUT2D eigenvalue weighted by Crippen LogP contribution is -2.47. The van der Waals surface area contributed by atoms with Crippen LogP contribution in [0.25, 0.3) is 0 Å². The van der Waals surface area contributed by atoms with Crippen LogP contribution in [0.1, 0.15) is 17.0 Å². The van der Waals surface area contributed by atoms with E-state index in [4.69, 9.17) is 4.74 Å². The number of benzene rings is 2. The van der Waals surface area contributed by atoms with Crippen molar-refractivity contribution >= 4 is 5.69 Å². The van der Waals surface area contributed by atoms with Crippen LogP contribution in [-0.2, 0) is 6.42 Å². The van der Waals surface area contributed by atoms with Crippen LogP contribution in [-0.4, -0.2) is 49.7 Å². The summed E-state index contributed by atoms with van der Waals surface area (Å²) in [6.45, 7) is 4.92. The van der Waals surface area contributed by atoms with Gasteiger partial charge in [-0.1, -0.05) is 24.3 Å². The maximum atomic E-state index is 13.3. The minimum Gasteiger partial charge on any atom is -0.495 e. The first kappa shape index (κ1) is 20.4. The first-order chi connectivity index (χ1) is 14.7. The van der Waals surface area contributed by atoms with E-state index in [0.717, 1.165) is 56.1 Å². The van der Waals surface area contributed by atoms with Crippen LogP contribution in [0.15, 0.2) is 73.1 Å². The molecule has 0 aliphatic carbocycles. The van der Waals surface area contributed by atoms with E-state index in [2.05, 4.69) is 39.0 Å². The fraction of sp³-hybridized carbons (Fsp3) is 0.320. The molecule has 0 bridgehead atoms. The predicted molar refractivity (Wildman–Crippen MR) is 119 cm³/mol. The third-order valence-corrected chi connectivity index (χ3v) is 5.85. The number of para-hydroxylation sites is 2. The molecule has 0 amide bonds. The van der Waals surface area contributed by atoms with Gasteiger partial charge in [-0.3, -0.25) is 9.88 Å². The fourth-order valence-electron chi connectivity index (χ4n) is 4.20. The summed E-state index contributed by atoms with van der Waals surface area (Å²) in [5.74, 6) is 1.08. The molecule has 1 aliphatic rings. The maximum Gasteiger partial charge on any atom is 0.142 e. The van der Waals surface area contributed by atoms with Crippen LogP contribution in [0.5, 0.6) is 5.75 Å². The second-order valence-electron chi connectivity index (χ2n) is 7.77. The number of hydrogen-bond acceptors (Lipinski definition) is 4. The highest BCUT2D eigenvalue weighted by atomic mass is 19.1. The Bertz CT molecular complexity index is 925. The molecular weight excluding hydrogens is 377 g/mol. The predicted octanol–water partition coefficient (Wildman–Crippen LogP) is 4.38. The molecular formula is C25H28FN3O. The fourth-order valence-corrected chi connectivity index (χ4v) is 4.20. The number of aromatic nitrogens is 1. The van der Waals surface area contributed by atoms with Gasteiger partial charge in [0.25, 0.3) is 0 Å². The zero-order valence-corrected chi connectivity index (χ0v) is 17.4. The summed E-state index contributed by atoms with van der Waals surface area (Å²) in [7, 11) is 1.73. The summed E-state index contributed by atoms with van der Waals surface area (Å²) in [6.07, 6.45) is 4.59. The van der Waals surface area contributed by atoms with Crippen molar-refractivity contribution in [3.8, 4) is 5.75 Å². The summed E-state index contributed by atoms with van der Waals surface area (Å²) in [4.78, 5) is 9.10. The number of halogens is 1. The van der Waals surface area contributed by atoms with Crippen molar-refractivity contribution < 1.29 is 9.13 Å². The van der Waals surface area contributed by atoms with Crippen molar-refractivity contribution in [2.24, 2.45) is 0 Å². The molecule has 1 aromatic heterocycles. The zero-order valence-electron chi connectivity index (χ0n) is 17.4. The van der Waals surface area contributed by atoms with Crippen LogP contribution < -0.4 is 9.64 Å². The van der Waals surface area contributed by atoms with E-state index in [-0.39, 0.29) is 5.82 Å². The number of anilines is 1. The Morgan fingerprint density at radius 1 is 0.933 bits per heavy atom. The Kier molecular flexibility index (Phi) is 6.60. The monoisotopic (exact) mass is 405 g/mol. The van der Waals surface area contributed by atoms with E-state index in [1.807, 2.05) is 36.7 Å². The first-order valence-electron chi connectivity index (χ1n) is 10.5. The number of hydrogen-bond donors (Lipinski definition) is 0. The van der Waals surface area contributed by atoms with Gasteiger partial charge in [-0.25, -0.2) is 4.39 Å². The van der Waals surface area contributed by atoms with Gasteiger partial charge in [0, 0.05) is 51.0 Å². The summed E-state index contributed by atoms with van der Waals surface area (Å²) < 4.78 is 18.9. The van der Waals surface area contributed by atoms with Crippen LogP contribution in [0.4, 0.5) is 10.1 Å². The van der Waals surface area contributed by atoms with E-state index in [0.29, 0.717) is 5.92 Å². The second-order valence-corrected chi connectivity index (χ2v) is 7.77. The normalized spacial score (nSPS) is 15.7. The number of methoxy groups -OCH3 is 1. The number of pyridine rings is 1. The van der Waals surface area contributed by atoms with E-state index in [1.165, 1.54) is 5.56 Å². The molecule has 0 N–H and O–H groups in total. The first-order valence-corrected chi connectivity index (χ1v) is 10.5. The summed E-state index contributed by atoms with van der Waals surface area (Å²) in [6, 6.07) is 19.3. The van der Waals surface area contributed by atoms with Crippen LogP contribution in [0.3, 0.4) is 0 Å². The Hall–Kier alpha value is -2.92. The summed E-state index contributed by atoms with van der Waals surface area (Å²) in [5, 5.41) is 0. The highest BCUT2D eigenvalue weighted by Gasteiger charge is 2.23. The number of nitrogens with zero attached hydrogens (tertiary/aromatic N) is 3. The Morgan fingerprint density at radius 2 is 1.63 bits per heavy atom. The van der Waals surface area contributed by atoms with Gasteiger partial charge in [-0.15, -0.1) is 0 Å². The van der Waals surface area contributed by atoms with Crippen molar-refractivity contribution in [1.82, 2.24) is 9.88 Å². The number of ether oxygens (including phenoxy) is 1. The minimum atomic E-state index is -0.188. The number of piperazine rings is 1. The summed E-state index contributed by atoms with van der Waals surface area (Å²) >= 11 is 0. The second kappa shape index (κ2) is 9.72. The largest absolute Gasteiger partial charge is 0.495 e. The molecule has 1 unspecified atom stereocenters. The van der Waals surface area contributed by atoms with E-state index < -0.39 is 0 Å². The molecule has 4 nitrogen and oxygen atoms in total. The average Bonchev–Trinajstić information content (AvgIpc) is 2.81. The molecule has 0 spiro atoms. The average molecular weight is 406 g/mol. The molecule has 1 atom stereocenters.